The third kappa shape index (κ3) is 5.76. The van der Waals surface area contributed by atoms with Crippen LogP contribution >= 0.6 is 0 Å². The number of hydrogen-bond acceptors (Lipinski definition) is 6. The first-order chi connectivity index (χ1) is 22.5. The Morgan fingerprint density at radius 2 is 1.79 bits per heavy atom. The van der Waals surface area contributed by atoms with Gasteiger partial charge in [-0.3, -0.25) is 19.3 Å². The molecular formula is C32H31F6N7O3. The molecule has 0 spiro atoms. The van der Waals surface area contributed by atoms with Gasteiger partial charge in [-0.1, -0.05) is 18.7 Å². The molecule has 16 heteroatoms. The molecule has 48 heavy (non-hydrogen) atoms. The second-order valence-electron chi connectivity index (χ2n) is 12.3. The molecule has 3 aliphatic rings. The van der Waals surface area contributed by atoms with Gasteiger partial charge in [-0.25, -0.2) is 9.97 Å². The molecule has 0 unspecified atom stereocenters. The van der Waals surface area contributed by atoms with E-state index in [9.17, 15) is 40.7 Å². The molecule has 0 radical (unpaired) electrons. The van der Waals surface area contributed by atoms with Crippen LogP contribution in [0.3, 0.4) is 0 Å². The van der Waals surface area contributed by atoms with Crippen molar-refractivity contribution in [3.05, 3.63) is 77.5 Å². The summed E-state index contributed by atoms with van der Waals surface area (Å²) in [6.45, 7) is 5.73. The number of anilines is 3. The van der Waals surface area contributed by atoms with Gasteiger partial charge in [0, 0.05) is 37.8 Å². The predicted molar refractivity (Wildman–Crippen MR) is 162 cm³/mol. The number of fused-ring (bicyclic) bond motifs is 3. The van der Waals surface area contributed by atoms with E-state index in [0.29, 0.717) is 22.0 Å². The Kier molecular flexibility index (Phi) is 8.03. The molecule has 6 rings (SSSR count). The van der Waals surface area contributed by atoms with Crippen LogP contribution in [0.4, 0.5) is 43.5 Å². The number of aryl methyl sites for hydroxylation is 2. The summed E-state index contributed by atoms with van der Waals surface area (Å²) in [5, 5.41) is 0. The van der Waals surface area contributed by atoms with Gasteiger partial charge in [0.2, 0.25) is 17.7 Å². The van der Waals surface area contributed by atoms with Crippen molar-refractivity contribution in [3.8, 4) is 0 Å². The molecule has 3 atom stereocenters. The fourth-order valence-corrected chi connectivity index (χ4v) is 6.89. The number of amides is 3. The summed E-state index contributed by atoms with van der Waals surface area (Å²) in [5.41, 5.74) is 1.28. The van der Waals surface area contributed by atoms with Crippen molar-refractivity contribution in [3.63, 3.8) is 0 Å². The smallest absolute Gasteiger partial charge is 0.363 e. The predicted octanol–water partition coefficient (Wildman–Crippen LogP) is 4.78. The van der Waals surface area contributed by atoms with Gasteiger partial charge < -0.3 is 19.3 Å². The number of nitrogens with zero attached hydrogens (tertiary/aromatic N) is 7. The molecule has 0 aliphatic carbocycles. The van der Waals surface area contributed by atoms with Crippen molar-refractivity contribution < 1.29 is 40.7 Å². The van der Waals surface area contributed by atoms with Gasteiger partial charge in [-0.05, 0) is 43.7 Å². The Morgan fingerprint density at radius 1 is 1.06 bits per heavy atom. The topological polar surface area (TPSA) is 94.9 Å². The molecule has 0 N–H and O–H groups in total. The number of hydrogen-bond donors (Lipinski definition) is 0. The number of alkyl halides is 6. The molecule has 3 amide bonds. The Hall–Kier alpha value is -4.89. The van der Waals surface area contributed by atoms with Crippen LogP contribution in [0, 0.1) is 19.8 Å². The molecule has 10 nitrogen and oxygen atoms in total. The van der Waals surface area contributed by atoms with Crippen LogP contribution in [0.1, 0.15) is 34.8 Å². The van der Waals surface area contributed by atoms with E-state index < -0.39 is 60.2 Å². The zero-order chi connectivity index (χ0) is 34.9. The third-order valence-corrected chi connectivity index (χ3v) is 9.03. The number of carbonyl (C=O) groups is 3. The van der Waals surface area contributed by atoms with Crippen LogP contribution < -0.4 is 14.7 Å². The first-order valence-corrected chi connectivity index (χ1v) is 15.0. The Morgan fingerprint density at radius 3 is 2.46 bits per heavy atom. The molecular weight excluding hydrogens is 644 g/mol. The van der Waals surface area contributed by atoms with Crippen molar-refractivity contribution in [2.24, 2.45) is 5.92 Å². The summed E-state index contributed by atoms with van der Waals surface area (Å²) < 4.78 is 84.4. The molecule has 2 aromatic heterocycles. The lowest BCUT2D eigenvalue weighted by Crippen LogP contribution is -2.53. The SMILES string of the molecule is C=CC(=O)N1Cc2nc(CN3C[C@H]4CC(=O)N(c5cc(C(F)(F)F)cc(C)n5)[C@@H]4C(=O)N(C)c4cccc(C)c43)cn2C[C@@H]1C(F)(F)F. The lowest BCUT2D eigenvalue weighted by Gasteiger charge is -2.39. The van der Waals surface area contributed by atoms with Crippen LogP contribution in [0.25, 0.3) is 0 Å². The number of carbonyl (C=O) groups excluding carboxylic acids is 3. The monoisotopic (exact) mass is 675 g/mol. The average Bonchev–Trinajstić information content (AvgIpc) is 3.55. The maximum absolute atomic E-state index is 14.1. The number of imidazole rings is 1. The highest BCUT2D eigenvalue weighted by Crippen LogP contribution is 2.42. The van der Waals surface area contributed by atoms with E-state index in [1.165, 1.54) is 29.6 Å². The maximum Gasteiger partial charge on any atom is 0.416 e. The number of aromatic nitrogens is 3. The molecule has 0 bridgehead atoms. The summed E-state index contributed by atoms with van der Waals surface area (Å²) in [4.78, 5) is 53.7. The number of rotatable bonds is 4. The maximum atomic E-state index is 14.1. The van der Waals surface area contributed by atoms with Crippen LogP contribution in [0.2, 0.25) is 0 Å². The molecule has 3 aliphatic heterocycles. The van der Waals surface area contributed by atoms with E-state index in [1.54, 1.807) is 12.1 Å². The average molecular weight is 676 g/mol. The second kappa shape index (κ2) is 11.7. The lowest BCUT2D eigenvalue weighted by atomic mass is 9.95. The normalized spacial score (nSPS) is 21.5. The van der Waals surface area contributed by atoms with Gasteiger partial charge in [0.15, 0.2) is 0 Å². The van der Waals surface area contributed by atoms with Crippen molar-refractivity contribution in [1.29, 1.82) is 0 Å². The number of benzene rings is 1. The number of pyridine rings is 1. The molecule has 5 heterocycles. The van der Waals surface area contributed by atoms with Crippen molar-refractivity contribution >= 4 is 34.9 Å². The largest absolute Gasteiger partial charge is 0.416 e. The lowest BCUT2D eigenvalue weighted by molar-refractivity contribution is -0.196. The zero-order valence-corrected chi connectivity index (χ0v) is 26.1. The summed E-state index contributed by atoms with van der Waals surface area (Å²) in [5.74, 6) is -2.67. The minimum atomic E-state index is -4.71. The van der Waals surface area contributed by atoms with Crippen LogP contribution in [-0.2, 0) is 40.2 Å². The standard InChI is InChI=1S/C32H31F6N7O3/c1-5-26(46)44-16-25-40-21(13-42(25)15-23(44)32(36,37)38)14-43-12-19-10-27(47)45(24-11-20(31(33,34)35)9-18(3)39-24)29(19)30(48)41(4)22-8-6-7-17(2)28(22)43/h5-9,11,13,19,23,29H,1,10,12,14-16H2,2-4H3/t19-,23-,29+/m1/s1. The molecule has 254 valence electrons. The fourth-order valence-electron chi connectivity index (χ4n) is 6.89. The van der Waals surface area contributed by atoms with Gasteiger partial charge in [0.25, 0.3) is 0 Å². The highest BCUT2D eigenvalue weighted by atomic mass is 19.4. The van der Waals surface area contributed by atoms with Gasteiger partial charge in [0.05, 0.1) is 42.3 Å². The Balaban J connectivity index is 1.39. The van der Waals surface area contributed by atoms with Gasteiger partial charge >= 0.3 is 12.4 Å². The summed E-state index contributed by atoms with van der Waals surface area (Å²) in [6.07, 6.45) is -7.24. The van der Waals surface area contributed by atoms with Crippen LogP contribution in [0.15, 0.2) is 49.2 Å². The third-order valence-electron chi connectivity index (χ3n) is 9.03. The molecule has 3 aromatic rings. The van der Waals surface area contributed by atoms with Crippen molar-refractivity contribution in [1.82, 2.24) is 19.4 Å². The number of likely N-dealkylation sites (N-methyl/N-ethyl adjacent to an activating group) is 1. The van der Waals surface area contributed by atoms with Gasteiger partial charge in [-0.15, -0.1) is 0 Å². The first kappa shape index (κ1) is 33.0. The van der Waals surface area contributed by atoms with E-state index in [2.05, 4.69) is 16.5 Å². The van der Waals surface area contributed by atoms with E-state index in [0.717, 1.165) is 28.7 Å². The van der Waals surface area contributed by atoms with Crippen LogP contribution in [-0.4, -0.2) is 69.0 Å². The summed E-state index contributed by atoms with van der Waals surface area (Å²) >= 11 is 0. The number of halogens is 6. The van der Waals surface area contributed by atoms with Crippen molar-refractivity contribution in [2.75, 3.05) is 28.3 Å². The summed E-state index contributed by atoms with van der Waals surface area (Å²) in [6, 6.07) is 3.63. The van der Waals surface area contributed by atoms with Gasteiger partial charge in [0.1, 0.15) is 23.7 Å². The first-order valence-electron chi connectivity index (χ1n) is 15.0. The van der Waals surface area contributed by atoms with E-state index in [-0.39, 0.29) is 43.4 Å². The summed E-state index contributed by atoms with van der Waals surface area (Å²) in [7, 11) is 1.52. The van der Waals surface area contributed by atoms with E-state index in [1.807, 2.05) is 17.9 Å². The molecule has 1 aromatic carbocycles. The fraction of sp³-hybridized carbons (Fsp3) is 0.406. The second-order valence-corrected chi connectivity index (χ2v) is 12.3. The number of para-hydroxylation sites is 1. The Labute approximate surface area is 271 Å². The zero-order valence-electron chi connectivity index (χ0n) is 26.1. The minimum Gasteiger partial charge on any atom is -0.363 e. The van der Waals surface area contributed by atoms with Crippen molar-refractivity contribution in [2.45, 2.75) is 64.3 Å². The quantitative estimate of drug-likeness (QED) is 0.292. The van der Waals surface area contributed by atoms with Crippen LogP contribution in [0.5, 0.6) is 0 Å². The van der Waals surface area contributed by atoms with Gasteiger partial charge in [-0.2, -0.15) is 26.3 Å². The minimum absolute atomic E-state index is 0.0233. The molecule has 1 saturated heterocycles. The Bertz CT molecular complexity index is 1820. The van der Waals surface area contributed by atoms with E-state index in [4.69, 9.17) is 0 Å². The molecule has 1 fully saturated rings. The molecule has 0 saturated carbocycles. The van der Waals surface area contributed by atoms with E-state index >= 15 is 0 Å². The highest BCUT2D eigenvalue weighted by molar-refractivity contribution is 6.10. The highest BCUT2D eigenvalue weighted by Gasteiger charge is 2.50.